The van der Waals surface area contributed by atoms with Gasteiger partial charge in [0.1, 0.15) is 11.5 Å². The second-order valence-electron chi connectivity index (χ2n) is 7.69. The topological polar surface area (TPSA) is 94.2 Å². The molecule has 0 saturated carbocycles. The van der Waals surface area contributed by atoms with Gasteiger partial charge in [-0.1, -0.05) is 30.3 Å². The van der Waals surface area contributed by atoms with Gasteiger partial charge in [-0.05, 0) is 55.5 Å². The van der Waals surface area contributed by atoms with Gasteiger partial charge in [-0.15, -0.1) is 0 Å². The Kier molecular flexibility index (Phi) is 7.34. The molecule has 0 unspecified atom stereocenters. The number of morpholine rings is 1. The van der Waals surface area contributed by atoms with Crippen molar-refractivity contribution in [1.82, 2.24) is 4.90 Å². The normalized spacial score (nSPS) is 14.8. The van der Waals surface area contributed by atoms with Crippen molar-refractivity contribution in [2.24, 2.45) is 0 Å². The number of nitrogens with zero attached hydrogens (tertiary/aromatic N) is 1. The van der Waals surface area contributed by atoms with Crippen LogP contribution in [0.25, 0.3) is 0 Å². The number of rotatable bonds is 8. The van der Waals surface area contributed by atoms with Crippen LogP contribution >= 0.6 is 0 Å². The average molecular weight is 483 g/mol. The first-order chi connectivity index (χ1) is 16.4. The third-order valence-corrected chi connectivity index (χ3v) is 6.60. The van der Waals surface area contributed by atoms with Crippen LogP contribution in [0.1, 0.15) is 6.92 Å². The number of benzene rings is 3. The van der Waals surface area contributed by atoms with Gasteiger partial charge in [-0.3, -0.25) is 9.52 Å². The van der Waals surface area contributed by atoms with Gasteiger partial charge in [0, 0.05) is 13.1 Å². The van der Waals surface area contributed by atoms with Gasteiger partial charge < -0.3 is 19.1 Å². The van der Waals surface area contributed by atoms with Crippen LogP contribution in [0.2, 0.25) is 0 Å². The summed E-state index contributed by atoms with van der Waals surface area (Å²) in [6.45, 7) is 3.76. The fourth-order valence-corrected chi connectivity index (χ4v) is 4.52. The van der Waals surface area contributed by atoms with Crippen LogP contribution in [0, 0.1) is 0 Å². The van der Waals surface area contributed by atoms with Gasteiger partial charge in [-0.25, -0.2) is 8.42 Å². The Morgan fingerprint density at radius 2 is 1.56 bits per heavy atom. The number of carbonyl (C=O) groups excluding carboxylic acids is 1. The van der Waals surface area contributed by atoms with E-state index >= 15 is 0 Å². The van der Waals surface area contributed by atoms with Crippen molar-refractivity contribution in [2.45, 2.75) is 17.9 Å². The van der Waals surface area contributed by atoms with E-state index in [9.17, 15) is 13.2 Å². The number of hydrogen-bond donors (Lipinski definition) is 1. The molecule has 178 valence electrons. The lowest BCUT2D eigenvalue weighted by Gasteiger charge is -2.29. The lowest BCUT2D eigenvalue weighted by atomic mass is 10.3. The second-order valence-corrected chi connectivity index (χ2v) is 9.37. The maximum atomic E-state index is 13.0. The van der Waals surface area contributed by atoms with Gasteiger partial charge in [0.15, 0.2) is 11.9 Å². The van der Waals surface area contributed by atoms with Crippen LogP contribution in [0.5, 0.6) is 17.2 Å². The predicted octanol–water partition coefficient (Wildman–Crippen LogP) is 3.91. The quantitative estimate of drug-likeness (QED) is 0.523. The fraction of sp³-hybridized carbons (Fsp3) is 0.240. The summed E-state index contributed by atoms with van der Waals surface area (Å²) in [6.07, 6.45) is -0.694. The lowest BCUT2D eigenvalue weighted by molar-refractivity contribution is -0.142. The number of carbonyl (C=O) groups is 1. The van der Waals surface area contributed by atoms with Crippen molar-refractivity contribution >= 4 is 21.6 Å². The van der Waals surface area contributed by atoms with E-state index in [2.05, 4.69) is 4.72 Å². The third kappa shape index (κ3) is 5.86. The highest BCUT2D eigenvalue weighted by Gasteiger charge is 2.24. The molecule has 1 saturated heterocycles. The molecule has 9 heteroatoms. The molecule has 3 aromatic rings. The molecule has 4 rings (SSSR count). The minimum Gasteiger partial charge on any atom is -0.481 e. The van der Waals surface area contributed by atoms with E-state index in [0.717, 1.165) is 0 Å². The molecule has 0 bridgehead atoms. The summed E-state index contributed by atoms with van der Waals surface area (Å²) in [6, 6.07) is 21.9. The Balaban J connectivity index is 1.43. The maximum Gasteiger partial charge on any atom is 0.263 e. The van der Waals surface area contributed by atoms with Gasteiger partial charge >= 0.3 is 0 Å². The molecule has 8 nitrogen and oxygen atoms in total. The zero-order chi connectivity index (χ0) is 24.0. The molecular weight excluding hydrogens is 456 g/mol. The zero-order valence-electron chi connectivity index (χ0n) is 18.7. The van der Waals surface area contributed by atoms with E-state index in [1.54, 1.807) is 48.2 Å². The van der Waals surface area contributed by atoms with Gasteiger partial charge in [0.05, 0.1) is 23.8 Å². The van der Waals surface area contributed by atoms with Crippen LogP contribution in [-0.2, 0) is 19.6 Å². The Hall–Kier alpha value is -3.56. The molecule has 0 radical (unpaired) electrons. The smallest absolute Gasteiger partial charge is 0.263 e. The summed E-state index contributed by atoms with van der Waals surface area (Å²) in [5.41, 5.74) is 0.316. The zero-order valence-corrected chi connectivity index (χ0v) is 19.5. The van der Waals surface area contributed by atoms with E-state index in [4.69, 9.17) is 14.2 Å². The van der Waals surface area contributed by atoms with Crippen LogP contribution in [0.15, 0.2) is 83.8 Å². The standard InChI is InChI=1S/C25H26N2O6S/c1-19(25(28)27-15-17-31-18-16-27)32-21-11-13-22(14-12-21)34(29,30)26-23-9-5-6-10-24(23)33-20-7-3-2-4-8-20/h2-14,19,26H,15-18H2,1H3/t19-/m0/s1. The molecule has 1 fully saturated rings. The molecule has 0 aromatic heterocycles. The molecule has 1 heterocycles. The van der Waals surface area contributed by atoms with E-state index < -0.39 is 16.1 Å². The van der Waals surface area contributed by atoms with Crippen LogP contribution < -0.4 is 14.2 Å². The minimum absolute atomic E-state index is 0.0570. The van der Waals surface area contributed by atoms with Crippen molar-refractivity contribution in [1.29, 1.82) is 0 Å². The average Bonchev–Trinajstić information content (AvgIpc) is 2.86. The highest BCUT2D eigenvalue weighted by Crippen LogP contribution is 2.31. The molecule has 34 heavy (non-hydrogen) atoms. The maximum absolute atomic E-state index is 13.0. The summed E-state index contributed by atoms with van der Waals surface area (Å²) in [5, 5.41) is 0. The molecule has 3 aromatic carbocycles. The molecule has 1 amide bonds. The minimum atomic E-state index is -3.88. The summed E-state index contributed by atoms with van der Waals surface area (Å²) in [4.78, 5) is 14.3. The predicted molar refractivity (Wildman–Crippen MR) is 128 cm³/mol. The Morgan fingerprint density at radius 3 is 2.26 bits per heavy atom. The molecule has 1 N–H and O–H groups in total. The summed E-state index contributed by atoms with van der Waals surface area (Å²) in [7, 11) is -3.88. The summed E-state index contributed by atoms with van der Waals surface area (Å²) in [5.74, 6) is 1.25. The second kappa shape index (κ2) is 10.6. The van der Waals surface area contributed by atoms with Gasteiger partial charge in [0.25, 0.3) is 15.9 Å². The van der Waals surface area contributed by atoms with Crippen LogP contribution in [-0.4, -0.2) is 51.6 Å². The number of anilines is 1. The number of hydrogen-bond acceptors (Lipinski definition) is 6. The van der Waals surface area contributed by atoms with Gasteiger partial charge in [0.2, 0.25) is 0 Å². The Morgan fingerprint density at radius 1 is 0.912 bits per heavy atom. The Bertz CT molecular complexity index is 1210. The molecule has 0 spiro atoms. The number of para-hydroxylation sites is 3. The number of ether oxygens (including phenoxy) is 3. The Labute approximate surface area is 199 Å². The SMILES string of the molecule is C[C@H](Oc1ccc(S(=O)(=O)Nc2ccccc2Oc2ccccc2)cc1)C(=O)N1CCOCC1. The molecule has 1 aliphatic heterocycles. The van der Waals surface area contributed by atoms with Crippen LogP contribution in [0.3, 0.4) is 0 Å². The fourth-order valence-electron chi connectivity index (χ4n) is 3.45. The van der Waals surface area contributed by atoms with E-state index in [1.165, 1.54) is 24.3 Å². The third-order valence-electron chi connectivity index (χ3n) is 5.22. The number of sulfonamides is 1. The highest BCUT2D eigenvalue weighted by atomic mass is 32.2. The molecule has 0 aliphatic carbocycles. The first-order valence-corrected chi connectivity index (χ1v) is 12.4. The molecular formula is C25H26N2O6S. The van der Waals surface area contributed by atoms with E-state index in [1.807, 2.05) is 18.2 Å². The van der Waals surface area contributed by atoms with Gasteiger partial charge in [-0.2, -0.15) is 0 Å². The van der Waals surface area contributed by atoms with Crippen molar-refractivity contribution in [3.63, 3.8) is 0 Å². The van der Waals surface area contributed by atoms with Crippen molar-refractivity contribution < 1.29 is 27.4 Å². The lowest BCUT2D eigenvalue weighted by Crippen LogP contribution is -2.46. The summed E-state index contributed by atoms with van der Waals surface area (Å²) < 4.78 is 45.4. The summed E-state index contributed by atoms with van der Waals surface area (Å²) >= 11 is 0. The largest absolute Gasteiger partial charge is 0.481 e. The van der Waals surface area contributed by atoms with Crippen LogP contribution in [0.4, 0.5) is 5.69 Å². The number of nitrogens with one attached hydrogen (secondary N) is 1. The van der Waals surface area contributed by atoms with Crippen molar-refractivity contribution in [3.8, 4) is 17.2 Å². The highest BCUT2D eigenvalue weighted by molar-refractivity contribution is 7.92. The first-order valence-electron chi connectivity index (χ1n) is 10.9. The molecule has 1 aliphatic rings. The first kappa shape index (κ1) is 23.6. The van der Waals surface area contributed by atoms with E-state index in [0.29, 0.717) is 49.2 Å². The molecule has 1 atom stereocenters. The van der Waals surface area contributed by atoms with Crippen molar-refractivity contribution in [2.75, 3.05) is 31.0 Å². The number of amides is 1. The van der Waals surface area contributed by atoms with E-state index in [-0.39, 0.29) is 10.8 Å². The monoisotopic (exact) mass is 482 g/mol. The van der Waals surface area contributed by atoms with Crippen molar-refractivity contribution in [3.05, 3.63) is 78.9 Å².